The van der Waals surface area contributed by atoms with Crippen LogP contribution in [-0.2, 0) is 11.3 Å². The van der Waals surface area contributed by atoms with Crippen molar-refractivity contribution in [2.45, 2.75) is 25.9 Å². The predicted molar refractivity (Wildman–Crippen MR) is 70.2 cm³/mol. The number of carboxylic acid groups (broad SMARTS) is 1. The molecule has 2 atom stereocenters. The van der Waals surface area contributed by atoms with E-state index < -0.39 is 12.0 Å². The van der Waals surface area contributed by atoms with Crippen LogP contribution in [0.25, 0.3) is 0 Å². The van der Waals surface area contributed by atoms with Crippen molar-refractivity contribution in [2.75, 3.05) is 13.1 Å². The number of rotatable bonds is 4. The van der Waals surface area contributed by atoms with Crippen molar-refractivity contribution in [1.29, 1.82) is 0 Å². The second-order valence-corrected chi connectivity index (χ2v) is 5.14. The third kappa shape index (κ3) is 3.09. The number of aryl methyl sites for hydroxylation is 1. The lowest BCUT2D eigenvalue weighted by molar-refractivity contribution is -0.139. The number of nitrogens with zero attached hydrogens (tertiary/aromatic N) is 1. The number of benzene rings is 1. The Morgan fingerprint density at radius 2 is 2.39 bits per heavy atom. The number of hydrogen-bond donors (Lipinski definition) is 2. The Morgan fingerprint density at radius 1 is 1.61 bits per heavy atom. The summed E-state index contributed by atoms with van der Waals surface area (Å²) in [7, 11) is 0. The quantitative estimate of drug-likeness (QED) is 0.841. The molecule has 1 fully saturated rings. The molecule has 1 heterocycles. The molecule has 2 rings (SSSR count). The highest BCUT2D eigenvalue weighted by atomic mass is 16.4. The highest BCUT2D eigenvalue weighted by molar-refractivity contribution is 5.73. The number of carbonyl (C=O) groups is 1. The molecular weight excluding hydrogens is 228 g/mol. The van der Waals surface area contributed by atoms with Crippen LogP contribution in [0.1, 0.15) is 17.5 Å². The first-order chi connectivity index (χ1) is 8.56. The first-order valence-corrected chi connectivity index (χ1v) is 6.32. The van der Waals surface area contributed by atoms with Crippen LogP contribution in [0.4, 0.5) is 0 Å². The van der Waals surface area contributed by atoms with Gasteiger partial charge in [0.1, 0.15) is 6.04 Å². The van der Waals surface area contributed by atoms with Gasteiger partial charge in [0.25, 0.3) is 0 Å². The molecule has 98 valence electrons. The van der Waals surface area contributed by atoms with Crippen molar-refractivity contribution < 1.29 is 9.90 Å². The second-order valence-electron chi connectivity index (χ2n) is 5.14. The lowest BCUT2D eigenvalue weighted by Gasteiger charge is -2.18. The van der Waals surface area contributed by atoms with Crippen LogP contribution in [-0.4, -0.2) is 35.1 Å². The summed E-state index contributed by atoms with van der Waals surface area (Å²) >= 11 is 0. The lowest BCUT2D eigenvalue weighted by atomic mass is 10.0. The Hall–Kier alpha value is -1.39. The Morgan fingerprint density at radius 3 is 3.06 bits per heavy atom. The number of hydrogen-bond acceptors (Lipinski definition) is 3. The molecule has 1 aromatic carbocycles. The summed E-state index contributed by atoms with van der Waals surface area (Å²) in [5, 5.41) is 8.91. The van der Waals surface area contributed by atoms with Crippen molar-refractivity contribution in [1.82, 2.24) is 4.90 Å². The minimum Gasteiger partial charge on any atom is -0.480 e. The van der Waals surface area contributed by atoms with E-state index in [4.69, 9.17) is 10.8 Å². The fourth-order valence-electron chi connectivity index (χ4n) is 2.57. The zero-order valence-electron chi connectivity index (χ0n) is 10.7. The van der Waals surface area contributed by atoms with Crippen molar-refractivity contribution in [2.24, 2.45) is 11.7 Å². The van der Waals surface area contributed by atoms with Crippen LogP contribution in [0.15, 0.2) is 24.3 Å². The van der Waals surface area contributed by atoms with Gasteiger partial charge in [0.2, 0.25) is 0 Å². The molecular formula is C14H20N2O2. The highest BCUT2D eigenvalue weighted by Gasteiger charge is 2.31. The summed E-state index contributed by atoms with van der Waals surface area (Å²) in [6, 6.07) is 7.69. The first kappa shape index (κ1) is 13.1. The topological polar surface area (TPSA) is 66.6 Å². The minimum atomic E-state index is -0.891. The van der Waals surface area contributed by atoms with E-state index in [2.05, 4.69) is 36.1 Å². The molecule has 0 spiro atoms. The van der Waals surface area contributed by atoms with E-state index in [1.807, 2.05) is 0 Å². The Labute approximate surface area is 107 Å². The molecule has 0 aromatic heterocycles. The normalized spacial score (nSPS) is 22.0. The van der Waals surface area contributed by atoms with Gasteiger partial charge in [-0.15, -0.1) is 0 Å². The van der Waals surface area contributed by atoms with Gasteiger partial charge in [-0.25, -0.2) is 0 Å². The summed E-state index contributed by atoms with van der Waals surface area (Å²) in [5.74, 6) is -0.815. The van der Waals surface area contributed by atoms with Gasteiger partial charge in [0.15, 0.2) is 0 Å². The molecule has 0 bridgehead atoms. The van der Waals surface area contributed by atoms with E-state index in [0.29, 0.717) is 0 Å². The van der Waals surface area contributed by atoms with Crippen LogP contribution in [0.2, 0.25) is 0 Å². The average Bonchev–Trinajstić information content (AvgIpc) is 2.76. The van der Waals surface area contributed by atoms with Crippen molar-refractivity contribution in [3.05, 3.63) is 35.4 Å². The molecule has 1 aliphatic rings. The largest absolute Gasteiger partial charge is 0.480 e. The summed E-state index contributed by atoms with van der Waals surface area (Å²) < 4.78 is 0. The van der Waals surface area contributed by atoms with E-state index in [-0.39, 0.29) is 5.92 Å². The van der Waals surface area contributed by atoms with Gasteiger partial charge < -0.3 is 10.8 Å². The summed E-state index contributed by atoms with van der Waals surface area (Å²) in [4.78, 5) is 13.1. The van der Waals surface area contributed by atoms with Crippen molar-refractivity contribution in [3.8, 4) is 0 Å². The maximum atomic E-state index is 10.9. The molecule has 1 aliphatic heterocycles. The molecule has 0 saturated carbocycles. The number of aliphatic carboxylic acids is 1. The van der Waals surface area contributed by atoms with Gasteiger partial charge in [0.05, 0.1) is 0 Å². The van der Waals surface area contributed by atoms with Crippen LogP contribution in [0, 0.1) is 12.8 Å². The van der Waals surface area contributed by atoms with E-state index >= 15 is 0 Å². The maximum absolute atomic E-state index is 10.9. The lowest BCUT2D eigenvalue weighted by Crippen LogP contribution is -2.39. The zero-order chi connectivity index (χ0) is 13.1. The molecule has 3 N–H and O–H groups in total. The number of likely N-dealkylation sites (tertiary alicyclic amines) is 1. The van der Waals surface area contributed by atoms with Gasteiger partial charge in [-0.05, 0) is 31.4 Å². The smallest absolute Gasteiger partial charge is 0.320 e. The van der Waals surface area contributed by atoms with Crippen LogP contribution in [0.5, 0.6) is 0 Å². The third-order valence-electron chi connectivity index (χ3n) is 3.59. The molecule has 1 saturated heterocycles. The average molecular weight is 248 g/mol. The Kier molecular flexibility index (Phi) is 3.99. The maximum Gasteiger partial charge on any atom is 0.320 e. The van der Waals surface area contributed by atoms with E-state index in [1.165, 1.54) is 11.1 Å². The van der Waals surface area contributed by atoms with Crippen molar-refractivity contribution >= 4 is 5.97 Å². The molecule has 0 radical (unpaired) electrons. The SMILES string of the molecule is Cc1cccc(CN2CCC(C(N)C(=O)O)C2)c1. The molecule has 4 nitrogen and oxygen atoms in total. The monoisotopic (exact) mass is 248 g/mol. The second kappa shape index (κ2) is 5.50. The molecule has 1 aromatic rings. The number of nitrogens with two attached hydrogens (primary N) is 1. The van der Waals surface area contributed by atoms with Gasteiger partial charge >= 0.3 is 5.97 Å². The van der Waals surface area contributed by atoms with Crippen LogP contribution in [0.3, 0.4) is 0 Å². The zero-order valence-corrected chi connectivity index (χ0v) is 10.7. The number of carboxylic acids is 1. The Balaban J connectivity index is 1.92. The highest BCUT2D eigenvalue weighted by Crippen LogP contribution is 2.21. The van der Waals surface area contributed by atoms with E-state index in [9.17, 15) is 4.79 Å². The third-order valence-corrected chi connectivity index (χ3v) is 3.59. The fourth-order valence-corrected chi connectivity index (χ4v) is 2.57. The summed E-state index contributed by atoms with van der Waals surface area (Å²) in [6.45, 7) is 4.67. The summed E-state index contributed by atoms with van der Waals surface area (Å²) in [6.07, 6.45) is 0.874. The van der Waals surface area contributed by atoms with E-state index in [1.54, 1.807) is 0 Å². The first-order valence-electron chi connectivity index (χ1n) is 6.32. The molecule has 0 aliphatic carbocycles. The van der Waals surface area contributed by atoms with Gasteiger partial charge in [-0.2, -0.15) is 0 Å². The van der Waals surface area contributed by atoms with Gasteiger partial charge in [0, 0.05) is 13.1 Å². The molecule has 4 heteroatoms. The minimum absolute atomic E-state index is 0.0762. The van der Waals surface area contributed by atoms with Gasteiger partial charge in [-0.1, -0.05) is 29.8 Å². The molecule has 0 amide bonds. The molecule has 2 unspecified atom stereocenters. The van der Waals surface area contributed by atoms with E-state index in [0.717, 1.165) is 26.1 Å². The van der Waals surface area contributed by atoms with Crippen molar-refractivity contribution in [3.63, 3.8) is 0 Å². The Bertz CT molecular complexity index is 434. The summed E-state index contributed by atoms with van der Waals surface area (Å²) in [5.41, 5.74) is 8.21. The van der Waals surface area contributed by atoms with Crippen LogP contribution < -0.4 is 5.73 Å². The standard InChI is InChI=1S/C14H20N2O2/c1-10-3-2-4-11(7-10)8-16-6-5-12(9-16)13(15)14(17)18/h2-4,7,12-13H,5-6,8-9,15H2,1H3,(H,17,18). The fraction of sp³-hybridized carbons (Fsp3) is 0.500. The predicted octanol–water partition coefficient (Wildman–Crippen LogP) is 1.23. The molecule has 18 heavy (non-hydrogen) atoms. The van der Waals surface area contributed by atoms with Crippen LogP contribution >= 0.6 is 0 Å². The van der Waals surface area contributed by atoms with Gasteiger partial charge in [-0.3, -0.25) is 9.69 Å².